The minimum absolute atomic E-state index is 0.0204. The molecule has 4 unspecified atom stereocenters. The molecule has 4 aliphatic carbocycles. The molecule has 0 bridgehead atoms. The summed E-state index contributed by atoms with van der Waals surface area (Å²) < 4.78 is 16.4. The summed E-state index contributed by atoms with van der Waals surface area (Å²) in [5, 5.41) is 21.4. The number of benzene rings is 1. The predicted octanol–water partition coefficient (Wildman–Crippen LogP) is 8.85. The highest BCUT2D eigenvalue weighted by Gasteiger charge is 2.71. The zero-order valence-corrected chi connectivity index (χ0v) is 26.1. The first kappa shape index (κ1) is 30.8. The van der Waals surface area contributed by atoms with E-state index in [0.29, 0.717) is 24.2 Å². The van der Waals surface area contributed by atoms with Crippen LogP contribution in [0.4, 0.5) is 4.39 Å². The van der Waals surface area contributed by atoms with Gasteiger partial charge in [-0.25, -0.2) is 4.39 Å². The zero-order chi connectivity index (χ0) is 29.2. The zero-order valence-electron chi connectivity index (χ0n) is 26.1. The van der Waals surface area contributed by atoms with Gasteiger partial charge in [0.15, 0.2) is 0 Å². The van der Waals surface area contributed by atoms with Crippen LogP contribution in [0.5, 0.6) is 5.75 Å². The van der Waals surface area contributed by atoms with Crippen molar-refractivity contribution in [1.82, 2.24) is 4.90 Å². The van der Waals surface area contributed by atoms with Crippen LogP contribution in [-0.2, 0) is 4.79 Å². The van der Waals surface area contributed by atoms with Gasteiger partial charge in [-0.05, 0) is 104 Å². The first-order valence-electron chi connectivity index (χ1n) is 17.1. The van der Waals surface area contributed by atoms with Crippen LogP contribution < -0.4 is 0 Å². The largest absolute Gasteiger partial charge is 0.508 e. The molecule has 3 saturated carbocycles. The number of aliphatic hydroxyl groups excluding tert-OH is 1. The van der Waals surface area contributed by atoms with Gasteiger partial charge in [-0.1, -0.05) is 71.3 Å². The summed E-state index contributed by atoms with van der Waals surface area (Å²) >= 11 is 0. The summed E-state index contributed by atoms with van der Waals surface area (Å²) in [7, 11) is 1.92. The fraction of sp³-hybridized carbons (Fsp3) is 0.806. The summed E-state index contributed by atoms with van der Waals surface area (Å²) in [4.78, 5) is 14.1. The van der Waals surface area contributed by atoms with Crippen molar-refractivity contribution in [3.05, 3.63) is 29.3 Å². The van der Waals surface area contributed by atoms with Gasteiger partial charge in [-0.15, -0.1) is 0 Å². The Morgan fingerprint density at radius 2 is 1.68 bits per heavy atom. The topological polar surface area (TPSA) is 60.8 Å². The fourth-order valence-corrected chi connectivity index (χ4v) is 9.75. The van der Waals surface area contributed by atoms with E-state index in [1.807, 2.05) is 18.0 Å². The van der Waals surface area contributed by atoms with Crippen LogP contribution >= 0.6 is 0 Å². The van der Waals surface area contributed by atoms with Crippen molar-refractivity contribution in [2.75, 3.05) is 13.6 Å². The Bertz CT molecular complexity index is 1040. The number of rotatable bonds is 14. The number of unbranched alkanes of at least 4 members (excludes halogenated alkanes) is 8. The molecule has 1 amide bonds. The molecule has 4 aliphatic rings. The number of hydrogen-bond acceptors (Lipinski definition) is 3. The third kappa shape index (κ3) is 5.95. The number of halogens is 1. The molecule has 0 aliphatic heterocycles. The molecule has 7 atom stereocenters. The van der Waals surface area contributed by atoms with Gasteiger partial charge in [0.05, 0.1) is 6.10 Å². The molecule has 0 radical (unpaired) electrons. The number of aromatic hydroxyl groups is 1. The minimum Gasteiger partial charge on any atom is -0.508 e. The Morgan fingerprint density at radius 1 is 1.00 bits per heavy atom. The molecule has 2 N–H and O–H groups in total. The molecule has 1 aromatic carbocycles. The lowest BCUT2D eigenvalue weighted by molar-refractivity contribution is -0.130. The second kappa shape index (κ2) is 12.9. The van der Waals surface area contributed by atoms with Crippen molar-refractivity contribution < 1.29 is 19.4 Å². The number of hydrogen-bond donors (Lipinski definition) is 2. The normalized spacial score (nSPS) is 32.8. The monoisotopic (exact) mass is 569 g/mol. The van der Waals surface area contributed by atoms with Crippen LogP contribution in [0, 0.1) is 28.6 Å². The van der Waals surface area contributed by atoms with Crippen molar-refractivity contribution in [3.8, 4) is 5.75 Å². The second-order valence-corrected chi connectivity index (χ2v) is 14.6. The number of carbonyl (C=O) groups excluding carboxylic acids is 1. The molecule has 41 heavy (non-hydrogen) atoms. The summed E-state index contributed by atoms with van der Waals surface area (Å²) in [5.74, 6) is 1.46. The lowest BCUT2D eigenvalue weighted by Gasteiger charge is -2.54. The third-order valence-electron chi connectivity index (χ3n) is 12.4. The highest BCUT2D eigenvalue weighted by Crippen LogP contribution is 2.77. The molecule has 0 aromatic heterocycles. The fourth-order valence-electron chi connectivity index (χ4n) is 9.75. The lowest BCUT2D eigenvalue weighted by Crippen LogP contribution is -2.47. The van der Waals surface area contributed by atoms with Crippen molar-refractivity contribution in [2.24, 2.45) is 28.6 Å². The molecule has 5 rings (SSSR count). The lowest BCUT2D eigenvalue weighted by atomic mass is 9.50. The van der Waals surface area contributed by atoms with E-state index in [9.17, 15) is 15.0 Å². The van der Waals surface area contributed by atoms with Crippen molar-refractivity contribution in [3.63, 3.8) is 0 Å². The molecule has 1 aromatic rings. The molecule has 5 heteroatoms. The van der Waals surface area contributed by atoms with E-state index in [0.717, 1.165) is 94.7 Å². The van der Waals surface area contributed by atoms with Gasteiger partial charge in [0.25, 0.3) is 0 Å². The van der Waals surface area contributed by atoms with Crippen molar-refractivity contribution in [2.45, 2.75) is 141 Å². The summed E-state index contributed by atoms with van der Waals surface area (Å²) in [6, 6.07) is 5.43. The average Bonchev–Trinajstić information content (AvgIpc) is 3.75. The smallest absolute Gasteiger partial charge is 0.222 e. The first-order valence-corrected chi connectivity index (χ1v) is 17.1. The number of aliphatic hydroxyl groups is 1. The van der Waals surface area contributed by atoms with E-state index >= 15 is 4.39 Å². The molecule has 4 nitrogen and oxygen atoms in total. The van der Waals surface area contributed by atoms with Gasteiger partial charge in [0.2, 0.25) is 5.91 Å². The van der Waals surface area contributed by atoms with Crippen LogP contribution in [0.15, 0.2) is 18.2 Å². The number of carbonyl (C=O) groups is 1. The highest BCUT2D eigenvalue weighted by molar-refractivity contribution is 5.75. The number of fused-ring (bicyclic) bond motifs is 6. The van der Waals surface area contributed by atoms with Crippen LogP contribution in [0.3, 0.4) is 0 Å². The number of phenolic OH excluding ortho intramolecular Hbond substituents is 1. The van der Waals surface area contributed by atoms with Crippen molar-refractivity contribution in [1.29, 1.82) is 0 Å². The maximum Gasteiger partial charge on any atom is 0.222 e. The maximum absolute atomic E-state index is 16.4. The summed E-state index contributed by atoms with van der Waals surface area (Å²) in [6.07, 6.45) is 17.0. The predicted molar refractivity (Wildman–Crippen MR) is 164 cm³/mol. The van der Waals surface area contributed by atoms with Gasteiger partial charge in [0, 0.05) is 25.4 Å². The quantitative estimate of drug-likeness (QED) is 0.220. The molecular weight excluding hydrogens is 513 g/mol. The minimum atomic E-state index is -1.03. The maximum atomic E-state index is 16.4. The first-order chi connectivity index (χ1) is 19.7. The SMILES string of the molecule is CCCCN(C)C(=O)CCCCCCCCCCC1C2C(CC[C@@]3(C)C2C[C@@H](O)C32CC2)c2ccc(O)cc2[C@@H]1F. The van der Waals surface area contributed by atoms with Crippen LogP contribution in [0.25, 0.3) is 0 Å². The van der Waals surface area contributed by atoms with Crippen LogP contribution in [0.1, 0.15) is 146 Å². The van der Waals surface area contributed by atoms with Crippen LogP contribution in [-0.4, -0.2) is 40.7 Å². The molecule has 230 valence electrons. The number of phenols is 1. The van der Waals surface area contributed by atoms with Gasteiger partial charge in [0.1, 0.15) is 11.9 Å². The highest BCUT2D eigenvalue weighted by atomic mass is 19.1. The Hall–Kier alpha value is -1.62. The second-order valence-electron chi connectivity index (χ2n) is 14.6. The van der Waals surface area contributed by atoms with Gasteiger partial charge < -0.3 is 15.1 Å². The van der Waals surface area contributed by atoms with E-state index < -0.39 is 6.17 Å². The van der Waals surface area contributed by atoms with E-state index in [1.54, 1.807) is 12.1 Å². The van der Waals surface area contributed by atoms with E-state index in [1.165, 1.54) is 25.7 Å². The summed E-state index contributed by atoms with van der Waals surface area (Å²) in [5.41, 5.74) is 2.08. The number of nitrogens with zero attached hydrogens (tertiary/aromatic N) is 1. The molecule has 1 spiro atoms. The Labute approximate surface area is 248 Å². The number of amides is 1. The number of alkyl halides is 1. The molecule has 0 saturated heterocycles. The molecule has 0 heterocycles. The standard InChI is InChI=1S/C36H56FNO3/c1-4-5-22-38(3)32(41)15-13-11-9-7-6-8-10-12-14-28-33-27(26-17-16-25(39)23-29(26)34(28)37)18-19-35(2)30(33)24-31(40)36(35)20-21-36/h16-17,23,27-28,30-31,33-34,39-40H,4-15,18-22,24H2,1-3H3/t27?,28?,30?,31-,33?,34-,35+/m1/s1. The van der Waals surface area contributed by atoms with Crippen molar-refractivity contribution >= 4 is 5.91 Å². The Kier molecular flexibility index (Phi) is 9.73. The molecule has 3 fully saturated rings. The average molecular weight is 570 g/mol. The Balaban J connectivity index is 1.11. The van der Waals surface area contributed by atoms with Gasteiger partial charge in [-0.2, -0.15) is 0 Å². The van der Waals surface area contributed by atoms with Crippen LogP contribution in [0.2, 0.25) is 0 Å². The third-order valence-corrected chi connectivity index (χ3v) is 12.4. The van der Waals surface area contributed by atoms with E-state index in [4.69, 9.17) is 0 Å². The molecular formula is C36H56FNO3. The van der Waals surface area contributed by atoms with E-state index in [-0.39, 0.29) is 34.5 Å². The Morgan fingerprint density at radius 3 is 2.37 bits per heavy atom. The van der Waals surface area contributed by atoms with Gasteiger partial charge in [-0.3, -0.25) is 4.79 Å². The van der Waals surface area contributed by atoms with E-state index in [2.05, 4.69) is 13.8 Å². The summed E-state index contributed by atoms with van der Waals surface area (Å²) in [6.45, 7) is 5.45. The van der Waals surface area contributed by atoms with Gasteiger partial charge >= 0.3 is 0 Å².